The fraction of sp³-hybridized carbons (Fsp3) is 0.579. The number of carbonyl (C=O) groups excluding carboxylic acids is 1. The van der Waals surface area contributed by atoms with Gasteiger partial charge < -0.3 is 9.32 Å². The molecular formula is C19H28N4O2. The number of amides is 1. The van der Waals surface area contributed by atoms with E-state index in [1.165, 1.54) is 0 Å². The number of furan rings is 1. The number of hydrogen-bond acceptors (Lipinski definition) is 4. The smallest absolute Gasteiger partial charge is 0.289 e. The summed E-state index contributed by atoms with van der Waals surface area (Å²) in [5.74, 6) is 1.30. The summed E-state index contributed by atoms with van der Waals surface area (Å²) in [6, 6.07) is 3.92. The van der Waals surface area contributed by atoms with E-state index in [0.29, 0.717) is 5.76 Å². The molecule has 6 nitrogen and oxygen atoms in total. The number of likely N-dealkylation sites (tertiary alicyclic amines) is 1. The minimum Gasteiger partial charge on any atom is -0.455 e. The highest BCUT2D eigenvalue weighted by atomic mass is 16.4. The van der Waals surface area contributed by atoms with E-state index in [9.17, 15) is 4.79 Å². The lowest BCUT2D eigenvalue weighted by Gasteiger charge is -2.23. The lowest BCUT2D eigenvalue weighted by atomic mass is 10.2. The minimum absolute atomic E-state index is 0.00262. The Kier molecular flexibility index (Phi) is 5.58. The molecule has 3 heterocycles. The van der Waals surface area contributed by atoms with Crippen molar-refractivity contribution >= 4 is 5.91 Å². The van der Waals surface area contributed by atoms with Crippen LogP contribution in [0.2, 0.25) is 0 Å². The molecule has 136 valence electrons. The van der Waals surface area contributed by atoms with Crippen LogP contribution in [0, 0.1) is 6.92 Å². The molecule has 0 N–H and O–H groups in total. The Bertz CT molecular complexity index is 702. The minimum atomic E-state index is -0.00262. The van der Waals surface area contributed by atoms with Gasteiger partial charge in [0.1, 0.15) is 5.76 Å². The molecule has 2 aromatic heterocycles. The molecule has 0 radical (unpaired) electrons. The van der Waals surface area contributed by atoms with E-state index in [-0.39, 0.29) is 11.9 Å². The Morgan fingerprint density at radius 2 is 2.16 bits per heavy atom. The van der Waals surface area contributed by atoms with Gasteiger partial charge in [0.25, 0.3) is 5.91 Å². The van der Waals surface area contributed by atoms with Crippen molar-refractivity contribution in [3.8, 4) is 0 Å². The lowest BCUT2D eigenvalue weighted by Crippen LogP contribution is -2.38. The van der Waals surface area contributed by atoms with Gasteiger partial charge in [0.2, 0.25) is 0 Å². The number of aromatic nitrogens is 2. The maximum Gasteiger partial charge on any atom is 0.289 e. The topological polar surface area (TPSA) is 54.5 Å². The summed E-state index contributed by atoms with van der Waals surface area (Å²) < 4.78 is 7.77. The molecule has 6 heteroatoms. The number of hydrogen-bond donors (Lipinski definition) is 0. The molecule has 1 fully saturated rings. The van der Waals surface area contributed by atoms with Crippen molar-refractivity contribution < 1.29 is 9.21 Å². The van der Waals surface area contributed by atoms with Gasteiger partial charge in [0.15, 0.2) is 5.76 Å². The van der Waals surface area contributed by atoms with Crippen molar-refractivity contribution in [2.45, 2.75) is 52.7 Å². The summed E-state index contributed by atoms with van der Waals surface area (Å²) in [6.45, 7) is 10.5. The van der Waals surface area contributed by atoms with Crippen LogP contribution in [0.25, 0.3) is 0 Å². The van der Waals surface area contributed by atoms with E-state index in [1.54, 1.807) is 0 Å². The second kappa shape index (κ2) is 7.87. The molecule has 0 bridgehead atoms. The highest BCUT2D eigenvalue weighted by Gasteiger charge is 2.31. The second-order valence-corrected chi connectivity index (χ2v) is 6.76. The van der Waals surface area contributed by atoms with Gasteiger partial charge in [-0.3, -0.25) is 14.4 Å². The van der Waals surface area contributed by atoms with Crippen LogP contribution in [0.15, 0.2) is 28.9 Å². The first-order chi connectivity index (χ1) is 12.1. The van der Waals surface area contributed by atoms with E-state index in [0.717, 1.165) is 56.9 Å². The zero-order valence-corrected chi connectivity index (χ0v) is 15.4. The second-order valence-electron chi connectivity index (χ2n) is 6.76. The maximum absolute atomic E-state index is 12.9. The average Bonchev–Trinajstić information content (AvgIpc) is 3.34. The van der Waals surface area contributed by atoms with Crippen molar-refractivity contribution in [2.75, 3.05) is 19.6 Å². The number of nitrogens with zero attached hydrogens (tertiary/aromatic N) is 4. The molecule has 1 atom stereocenters. The van der Waals surface area contributed by atoms with Crippen LogP contribution in [0.4, 0.5) is 0 Å². The van der Waals surface area contributed by atoms with E-state index < -0.39 is 0 Å². The van der Waals surface area contributed by atoms with Gasteiger partial charge in [-0.15, -0.1) is 0 Å². The lowest BCUT2D eigenvalue weighted by molar-refractivity contribution is 0.0685. The Morgan fingerprint density at radius 3 is 2.84 bits per heavy atom. The summed E-state index contributed by atoms with van der Waals surface area (Å²) in [6.07, 6.45) is 5.92. The van der Waals surface area contributed by atoms with Gasteiger partial charge in [0.05, 0.1) is 25.3 Å². The van der Waals surface area contributed by atoms with Crippen molar-refractivity contribution in [2.24, 2.45) is 0 Å². The molecule has 1 amide bonds. The highest BCUT2D eigenvalue weighted by Crippen LogP contribution is 2.23. The molecule has 0 aromatic carbocycles. The normalized spacial score (nSPS) is 17.6. The molecule has 0 spiro atoms. The molecule has 3 rings (SSSR count). The molecule has 2 aromatic rings. The fourth-order valence-electron chi connectivity index (χ4n) is 3.46. The molecule has 0 saturated carbocycles. The number of rotatable bonds is 7. The largest absolute Gasteiger partial charge is 0.455 e. The van der Waals surface area contributed by atoms with E-state index in [1.807, 2.05) is 41.0 Å². The van der Waals surface area contributed by atoms with Crippen molar-refractivity contribution in [1.82, 2.24) is 19.6 Å². The summed E-state index contributed by atoms with van der Waals surface area (Å²) >= 11 is 0. The van der Waals surface area contributed by atoms with Gasteiger partial charge in [-0.25, -0.2) is 0 Å². The maximum atomic E-state index is 12.9. The van der Waals surface area contributed by atoms with Crippen LogP contribution in [-0.4, -0.2) is 51.2 Å². The molecule has 1 aliphatic heterocycles. The van der Waals surface area contributed by atoms with Crippen molar-refractivity contribution in [3.05, 3.63) is 41.6 Å². The third kappa shape index (κ3) is 4.12. The zero-order valence-electron chi connectivity index (χ0n) is 15.4. The molecule has 1 aliphatic rings. The van der Waals surface area contributed by atoms with E-state index in [4.69, 9.17) is 4.42 Å². The first-order valence-electron chi connectivity index (χ1n) is 9.21. The quantitative estimate of drug-likeness (QED) is 0.775. The van der Waals surface area contributed by atoms with Gasteiger partial charge in [-0.1, -0.05) is 13.8 Å². The van der Waals surface area contributed by atoms with Gasteiger partial charge in [-0.05, 0) is 50.6 Å². The first-order valence-corrected chi connectivity index (χ1v) is 9.21. The van der Waals surface area contributed by atoms with E-state index >= 15 is 0 Å². The Hall–Kier alpha value is -2.08. The monoisotopic (exact) mass is 344 g/mol. The summed E-state index contributed by atoms with van der Waals surface area (Å²) in [5.41, 5.74) is 1.14. The van der Waals surface area contributed by atoms with Crippen LogP contribution in [0.5, 0.6) is 0 Å². The predicted octanol–water partition coefficient (Wildman–Crippen LogP) is 2.93. The molecule has 1 saturated heterocycles. The van der Waals surface area contributed by atoms with Crippen LogP contribution < -0.4 is 0 Å². The third-order valence-corrected chi connectivity index (χ3v) is 4.94. The Balaban J connectivity index is 1.66. The number of carbonyl (C=O) groups is 1. The van der Waals surface area contributed by atoms with Crippen LogP contribution >= 0.6 is 0 Å². The van der Waals surface area contributed by atoms with Crippen molar-refractivity contribution in [3.63, 3.8) is 0 Å². The molecule has 25 heavy (non-hydrogen) atoms. The predicted molar refractivity (Wildman–Crippen MR) is 96.4 cm³/mol. The standard InChI is InChI=1S/C19H28N4O2/c1-4-21(5-2)14-17-8-9-18(25-17)19(24)23-10-6-7-16(23)13-22-12-15(3)11-20-22/h8-9,11-12,16H,4-7,10,13-14H2,1-3H3/t16-/m1/s1. The van der Waals surface area contributed by atoms with Gasteiger partial charge >= 0.3 is 0 Å². The summed E-state index contributed by atoms with van der Waals surface area (Å²) in [5, 5.41) is 4.35. The Labute approximate surface area is 149 Å². The molecule has 0 unspecified atom stereocenters. The SMILES string of the molecule is CCN(CC)Cc1ccc(C(=O)N2CCC[C@@H]2Cn2cc(C)cn2)o1. The zero-order chi connectivity index (χ0) is 17.8. The van der Waals surface area contributed by atoms with Crippen LogP contribution in [-0.2, 0) is 13.1 Å². The van der Waals surface area contributed by atoms with Gasteiger partial charge in [0, 0.05) is 12.7 Å². The summed E-state index contributed by atoms with van der Waals surface area (Å²) in [7, 11) is 0. The van der Waals surface area contributed by atoms with Crippen LogP contribution in [0.3, 0.4) is 0 Å². The Morgan fingerprint density at radius 1 is 1.36 bits per heavy atom. The molecule has 0 aliphatic carbocycles. The molecular weight excluding hydrogens is 316 g/mol. The highest BCUT2D eigenvalue weighted by molar-refractivity contribution is 5.92. The summed E-state index contributed by atoms with van der Waals surface area (Å²) in [4.78, 5) is 17.1. The van der Waals surface area contributed by atoms with Gasteiger partial charge in [-0.2, -0.15) is 5.10 Å². The first kappa shape index (κ1) is 17.7. The van der Waals surface area contributed by atoms with Crippen LogP contribution in [0.1, 0.15) is 48.6 Å². The van der Waals surface area contributed by atoms with E-state index in [2.05, 4.69) is 23.8 Å². The fourth-order valence-corrected chi connectivity index (χ4v) is 3.46. The van der Waals surface area contributed by atoms with Crippen molar-refractivity contribution in [1.29, 1.82) is 0 Å². The third-order valence-electron chi connectivity index (χ3n) is 4.94. The average molecular weight is 344 g/mol. The number of aryl methyl sites for hydroxylation is 1.